The number of aldehydes is 1. The normalized spacial score (nSPS) is 15.6. The number of carbonyl (C=O) groups is 1. The fraction of sp³-hybridized carbons (Fsp3) is 0.450. The molecule has 0 fully saturated rings. The third-order valence-electron chi connectivity index (χ3n) is 3.02. The van der Waals surface area contributed by atoms with E-state index in [-0.39, 0.29) is 0 Å². The summed E-state index contributed by atoms with van der Waals surface area (Å²) in [6.45, 7) is 2.06. The molecular weight excluding hydrogens is 288 g/mol. The first kappa shape index (κ1) is 21.3. The molecule has 0 saturated heterocycles. The van der Waals surface area contributed by atoms with E-state index in [1.807, 2.05) is 36.5 Å². The number of aliphatic hydroxyl groups excluding tert-OH is 2. The van der Waals surface area contributed by atoms with E-state index >= 15 is 0 Å². The second-order valence-electron chi connectivity index (χ2n) is 5.21. The Bertz CT molecular complexity index is 417. The molecule has 0 saturated carbocycles. The molecular formula is C20H30O3. The van der Waals surface area contributed by atoms with Crippen LogP contribution in [0.25, 0.3) is 0 Å². The lowest BCUT2D eigenvalue weighted by molar-refractivity contribution is -0.107. The lowest BCUT2D eigenvalue weighted by Gasteiger charge is -1.99. The standard InChI is InChI=1S/C20H30O3/c1-2-3-9-14-19(22)16-11-6-7-12-17-20(23)15-10-5-4-8-13-18-21/h3,5-7,9-12,16-20,22-23H,2,4,8,13-15H2,1H3/b7-6-,9-3-,10-5-,16-11+,17-12-. The smallest absolute Gasteiger partial charge is 0.120 e. The Kier molecular flexibility index (Phi) is 15.4. The minimum atomic E-state index is -0.504. The molecule has 0 aliphatic carbocycles. The molecule has 23 heavy (non-hydrogen) atoms. The first-order chi connectivity index (χ1) is 11.2. The summed E-state index contributed by atoms with van der Waals surface area (Å²) in [7, 11) is 0. The number of rotatable bonds is 13. The van der Waals surface area contributed by atoms with E-state index in [9.17, 15) is 15.0 Å². The molecule has 2 atom stereocenters. The van der Waals surface area contributed by atoms with Crippen molar-refractivity contribution in [3.05, 3.63) is 60.8 Å². The van der Waals surface area contributed by atoms with E-state index in [1.165, 1.54) is 0 Å². The Balaban J connectivity index is 3.85. The van der Waals surface area contributed by atoms with Crippen molar-refractivity contribution < 1.29 is 15.0 Å². The summed E-state index contributed by atoms with van der Waals surface area (Å²) in [5.41, 5.74) is 0. The van der Waals surface area contributed by atoms with Crippen LogP contribution in [0.1, 0.15) is 45.4 Å². The first-order valence-electron chi connectivity index (χ1n) is 8.32. The molecule has 0 aliphatic heterocycles. The highest BCUT2D eigenvalue weighted by Crippen LogP contribution is 2.00. The van der Waals surface area contributed by atoms with Gasteiger partial charge in [-0.2, -0.15) is 0 Å². The minimum Gasteiger partial charge on any atom is -0.389 e. The average molecular weight is 318 g/mol. The van der Waals surface area contributed by atoms with Gasteiger partial charge in [0.2, 0.25) is 0 Å². The van der Waals surface area contributed by atoms with Gasteiger partial charge in [-0.25, -0.2) is 0 Å². The first-order valence-corrected chi connectivity index (χ1v) is 8.32. The third-order valence-corrected chi connectivity index (χ3v) is 3.02. The second-order valence-corrected chi connectivity index (χ2v) is 5.21. The topological polar surface area (TPSA) is 57.5 Å². The van der Waals surface area contributed by atoms with Gasteiger partial charge in [0, 0.05) is 6.42 Å². The monoisotopic (exact) mass is 318 g/mol. The zero-order valence-electron chi connectivity index (χ0n) is 14.1. The second kappa shape index (κ2) is 16.7. The number of unbranched alkanes of at least 4 members (excludes halogenated alkanes) is 2. The average Bonchev–Trinajstić information content (AvgIpc) is 2.54. The van der Waals surface area contributed by atoms with Gasteiger partial charge >= 0.3 is 0 Å². The van der Waals surface area contributed by atoms with Gasteiger partial charge in [0.1, 0.15) is 6.29 Å². The van der Waals surface area contributed by atoms with Crippen molar-refractivity contribution in [1.82, 2.24) is 0 Å². The maximum atomic E-state index is 10.1. The molecule has 0 bridgehead atoms. The maximum Gasteiger partial charge on any atom is 0.120 e. The van der Waals surface area contributed by atoms with Gasteiger partial charge in [0.15, 0.2) is 0 Å². The Morgan fingerprint density at radius 1 is 0.783 bits per heavy atom. The number of aliphatic hydroxyl groups is 2. The summed E-state index contributed by atoms with van der Waals surface area (Å²) in [6.07, 6.45) is 23.1. The van der Waals surface area contributed by atoms with Crippen molar-refractivity contribution in [2.45, 2.75) is 57.7 Å². The quantitative estimate of drug-likeness (QED) is 0.233. The Hall–Kier alpha value is -1.71. The van der Waals surface area contributed by atoms with Gasteiger partial charge in [-0.15, -0.1) is 0 Å². The largest absolute Gasteiger partial charge is 0.389 e. The van der Waals surface area contributed by atoms with Crippen LogP contribution >= 0.6 is 0 Å². The molecule has 0 rings (SSSR count). The van der Waals surface area contributed by atoms with Crippen molar-refractivity contribution in [3.63, 3.8) is 0 Å². The zero-order valence-corrected chi connectivity index (χ0v) is 14.1. The van der Waals surface area contributed by atoms with Gasteiger partial charge in [-0.05, 0) is 32.1 Å². The highest BCUT2D eigenvalue weighted by Gasteiger charge is 1.93. The molecule has 0 aromatic rings. The van der Waals surface area contributed by atoms with Crippen LogP contribution < -0.4 is 0 Å². The molecule has 2 N–H and O–H groups in total. The Labute approximate surface area is 140 Å². The lowest BCUT2D eigenvalue weighted by atomic mass is 10.2. The summed E-state index contributed by atoms with van der Waals surface area (Å²) in [5, 5.41) is 19.4. The van der Waals surface area contributed by atoms with Crippen LogP contribution in [0.2, 0.25) is 0 Å². The van der Waals surface area contributed by atoms with Crippen LogP contribution in [0.3, 0.4) is 0 Å². The molecule has 0 aromatic carbocycles. The van der Waals surface area contributed by atoms with Gasteiger partial charge in [0.25, 0.3) is 0 Å². The van der Waals surface area contributed by atoms with E-state index < -0.39 is 12.2 Å². The molecule has 0 radical (unpaired) electrons. The highest BCUT2D eigenvalue weighted by atomic mass is 16.3. The van der Waals surface area contributed by atoms with Gasteiger partial charge in [-0.3, -0.25) is 0 Å². The fourth-order valence-corrected chi connectivity index (χ4v) is 1.75. The van der Waals surface area contributed by atoms with Crippen LogP contribution in [0.4, 0.5) is 0 Å². The summed E-state index contributed by atoms with van der Waals surface area (Å²) in [4.78, 5) is 10.1. The molecule has 128 valence electrons. The van der Waals surface area contributed by atoms with E-state index in [4.69, 9.17) is 0 Å². The molecule has 0 spiro atoms. The predicted octanol–water partition coefficient (Wildman–Crippen LogP) is 4.05. The van der Waals surface area contributed by atoms with Crippen LogP contribution in [0.5, 0.6) is 0 Å². The number of carbonyl (C=O) groups excluding carboxylic acids is 1. The van der Waals surface area contributed by atoms with Crippen molar-refractivity contribution in [1.29, 1.82) is 0 Å². The summed E-state index contributed by atoms with van der Waals surface area (Å²) in [6, 6.07) is 0. The van der Waals surface area contributed by atoms with E-state index in [1.54, 1.807) is 24.3 Å². The molecule has 0 heterocycles. The van der Waals surface area contributed by atoms with Crippen molar-refractivity contribution >= 4 is 6.29 Å². The number of hydrogen-bond donors (Lipinski definition) is 2. The van der Waals surface area contributed by atoms with Gasteiger partial charge in [0.05, 0.1) is 12.2 Å². The lowest BCUT2D eigenvalue weighted by Crippen LogP contribution is -1.99. The molecule has 0 aliphatic rings. The summed E-state index contributed by atoms with van der Waals surface area (Å²) >= 11 is 0. The Morgan fingerprint density at radius 2 is 1.35 bits per heavy atom. The van der Waals surface area contributed by atoms with Crippen LogP contribution in [0.15, 0.2) is 60.8 Å². The van der Waals surface area contributed by atoms with Crippen molar-refractivity contribution in [3.8, 4) is 0 Å². The highest BCUT2D eigenvalue weighted by molar-refractivity contribution is 5.49. The molecule has 2 unspecified atom stereocenters. The van der Waals surface area contributed by atoms with Crippen LogP contribution in [-0.2, 0) is 4.79 Å². The zero-order chi connectivity index (χ0) is 17.2. The number of allylic oxidation sites excluding steroid dienone is 6. The van der Waals surface area contributed by atoms with E-state index in [0.717, 1.165) is 25.5 Å². The molecule has 0 aromatic heterocycles. The molecule has 3 heteroatoms. The van der Waals surface area contributed by atoms with Crippen LogP contribution in [-0.4, -0.2) is 28.7 Å². The molecule has 3 nitrogen and oxygen atoms in total. The Morgan fingerprint density at radius 3 is 1.87 bits per heavy atom. The minimum absolute atomic E-state index is 0.457. The molecule has 0 amide bonds. The van der Waals surface area contributed by atoms with Gasteiger partial charge < -0.3 is 15.0 Å². The van der Waals surface area contributed by atoms with E-state index in [2.05, 4.69) is 6.92 Å². The predicted molar refractivity (Wildman–Crippen MR) is 97.2 cm³/mol. The van der Waals surface area contributed by atoms with Crippen LogP contribution in [0, 0.1) is 0 Å². The summed E-state index contributed by atoms with van der Waals surface area (Å²) < 4.78 is 0. The van der Waals surface area contributed by atoms with Gasteiger partial charge in [-0.1, -0.05) is 67.7 Å². The third kappa shape index (κ3) is 16.5. The van der Waals surface area contributed by atoms with Crippen molar-refractivity contribution in [2.24, 2.45) is 0 Å². The summed E-state index contributed by atoms with van der Waals surface area (Å²) in [5.74, 6) is 0. The fourth-order valence-electron chi connectivity index (χ4n) is 1.75. The number of hydrogen-bond acceptors (Lipinski definition) is 3. The van der Waals surface area contributed by atoms with Crippen molar-refractivity contribution in [2.75, 3.05) is 0 Å². The maximum absolute atomic E-state index is 10.1. The SMILES string of the molecule is CC/C=C\CC(O)/C=C/C=C\C=C/C(O)C/C=C\CCCC=O. The van der Waals surface area contributed by atoms with E-state index in [0.29, 0.717) is 19.3 Å².